The average molecular weight is 254 g/mol. The van der Waals surface area contributed by atoms with Crippen LogP contribution in [0.15, 0.2) is 41.8 Å². The van der Waals surface area contributed by atoms with Crippen molar-refractivity contribution in [2.45, 2.75) is 17.7 Å². The predicted octanol–water partition coefficient (Wildman–Crippen LogP) is 2.07. The third-order valence-corrected chi connectivity index (χ3v) is 2.97. The van der Waals surface area contributed by atoms with Crippen molar-refractivity contribution in [1.29, 1.82) is 0 Å². The summed E-state index contributed by atoms with van der Waals surface area (Å²) in [7, 11) is -4.14. The molecule has 0 amide bonds. The van der Waals surface area contributed by atoms with E-state index in [0.717, 1.165) is 0 Å². The van der Waals surface area contributed by atoms with Crippen molar-refractivity contribution in [2.75, 3.05) is 0 Å². The molecule has 0 aromatic heterocycles. The van der Waals surface area contributed by atoms with Crippen LogP contribution < -0.4 is 0 Å². The van der Waals surface area contributed by atoms with Crippen LogP contribution in [-0.2, 0) is 10.1 Å². The fourth-order valence-corrected chi connectivity index (χ4v) is 2.02. The van der Waals surface area contributed by atoms with E-state index in [0.29, 0.717) is 5.56 Å². The first-order valence-electron chi connectivity index (χ1n) is 4.15. The van der Waals surface area contributed by atoms with Gasteiger partial charge in [-0.15, -0.1) is 6.58 Å². The molecule has 1 unspecified atom stereocenters. The van der Waals surface area contributed by atoms with E-state index in [1.807, 2.05) is 6.92 Å². The van der Waals surface area contributed by atoms with E-state index in [1.165, 1.54) is 6.07 Å². The number of benzene rings is 1. The third kappa shape index (κ3) is 3.89. The summed E-state index contributed by atoms with van der Waals surface area (Å²) >= 11 is 0. The van der Waals surface area contributed by atoms with Gasteiger partial charge in [0.25, 0.3) is 10.1 Å². The maximum Gasteiger partial charge on any atom is 2.00 e. The van der Waals surface area contributed by atoms with Gasteiger partial charge in [0.15, 0.2) is 0 Å². The van der Waals surface area contributed by atoms with Gasteiger partial charge in [0.1, 0.15) is 0 Å². The molecule has 0 aliphatic heterocycles. The fourth-order valence-electron chi connectivity index (χ4n) is 1.22. The van der Waals surface area contributed by atoms with Crippen LogP contribution in [0.4, 0.5) is 0 Å². The maximum atomic E-state index is 11.0. The second kappa shape index (κ2) is 6.01. The van der Waals surface area contributed by atoms with Crippen molar-refractivity contribution >= 4 is 47.9 Å². The molecule has 1 N–H and O–H groups in total. The van der Waals surface area contributed by atoms with Gasteiger partial charge in [-0.3, -0.25) is 4.55 Å². The first-order valence-corrected chi connectivity index (χ1v) is 5.60. The van der Waals surface area contributed by atoms with Gasteiger partial charge in [-0.2, -0.15) is 8.42 Å². The minimum atomic E-state index is -4.14. The Morgan fingerprint density at radius 3 is 2.47 bits per heavy atom. The molecule has 0 bridgehead atoms. The molecule has 80 valence electrons. The molecule has 1 atom stereocenters. The molecule has 5 heteroatoms. The summed E-state index contributed by atoms with van der Waals surface area (Å²) in [4.78, 5) is -0.0487. The molecule has 0 saturated heterocycles. The molecule has 0 aliphatic rings. The predicted molar refractivity (Wildman–Crippen MR) is 62.8 cm³/mol. The maximum absolute atomic E-state index is 11.0. The summed E-state index contributed by atoms with van der Waals surface area (Å²) in [5.74, 6) is -0.104. The van der Waals surface area contributed by atoms with Crippen molar-refractivity contribution in [3.63, 3.8) is 0 Å². The molecule has 0 spiro atoms. The molecular formula is C10H14CaO3S. The second-order valence-electron chi connectivity index (χ2n) is 3.04. The average Bonchev–Trinajstić information content (AvgIpc) is 2.15. The van der Waals surface area contributed by atoms with Gasteiger partial charge in [0, 0.05) is 5.92 Å². The first kappa shape index (κ1) is 15.1. The zero-order valence-corrected chi connectivity index (χ0v) is 11.6. The van der Waals surface area contributed by atoms with Crippen LogP contribution in [0.2, 0.25) is 0 Å². The molecule has 1 aromatic carbocycles. The quantitative estimate of drug-likeness (QED) is 0.510. The van der Waals surface area contributed by atoms with Crippen molar-refractivity contribution in [1.82, 2.24) is 0 Å². The summed E-state index contributed by atoms with van der Waals surface area (Å²) in [6.07, 6.45) is 1.63. The van der Waals surface area contributed by atoms with Crippen molar-refractivity contribution in [3.8, 4) is 0 Å². The largest absolute Gasteiger partial charge is 2.00 e. The molecule has 0 heterocycles. The zero-order valence-electron chi connectivity index (χ0n) is 10.6. The van der Waals surface area contributed by atoms with Crippen LogP contribution in [0.3, 0.4) is 0 Å². The van der Waals surface area contributed by atoms with Gasteiger partial charge in [-0.05, 0) is 11.6 Å². The Kier molecular flexibility index (Phi) is 6.06. The van der Waals surface area contributed by atoms with E-state index >= 15 is 0 Å². The van der Waals surface area contributed by atoms with Gasteiger partial charge in [0.2, 0.25) is 0 Å². The van der Waals surface area contributed by atoms with Crippen LogP contribution in [0.25, 0.3) is 0 Å². The second-order valence-corrected chi connectivity index (χ2v) is 4.43. The summed E-state index contributed by atoms with van der Waals surface area (Å²) in [5, 5.41) is 0. The van der Waals surface area contributed by atoms with Crippen LogP contribution >= 0.6 is 0 Å². The van der Waals surface area contributed by atoms with E-state index in [2.05, 4.69) is 6.58 Å². The fraction of sp³-hybridized carbons (Fsp3) is 0.200. The molecular weight excluding hydrogens is 240 g/mol. The Morgan fingerprint density at radius 1 is 1.47 bits per heavy atom. The zero-order chi connectivity index (χ0) is 10.8. The topological polar surface area (TPSA) is 54.4 Å². The van der Waals surface area contributed by atoms with Gasteiger partial charge in [0.05, 0.1) is 4.90 Å². The van der Waals surface area contributed by atoms with Gasteiger partial charge in [-0.1, -0.05) is 31.2 Å². The Hall–Kier alpha value is 0.130. The molecule has 0 radical (unpaired) electrons. The Balaban J connectivity index is -0.000000653. The SMILES string of the molecule is C=CC(C)c1ccccc1S(=O)(=O)O.[Ca+2].[H-].[H-]. The van der Waals surface area contributed by atoms with Gasteiger partial charge in [-0.25, -0.2) is 0 Å². The van der Waals surface area contributed by atoms with E-state index in [4.69, 9.17) is 4.55 Å². The number of rotatable bonds is 3. The van der Waals surface area contributed by atoms with Crippen LogP contribution in [0.1, 0.15) is 21.3 Å². The number of hydrogen-bond donors (Lipinski definition) is 1. The van der Waals surface area contributed by atoms with E-state index in [1.54, 1.807) is 24.3 Å². The molecule has 0 aliphatic carbocycles. The monoisotopic (exact) mass is 254 g/mol. The number of allylic oxidation sites excluding steroid dienone is 1. The van der Waals surface area contributed by atoms with Crippen LogP contribution in [0, 0.1) is 0 Å². The van der Waals surface area contributed by atoms with E-state index in [9.17, 15) is 8.42 Å². The standard InChI is InChI=1S/C10H12O3S.Ca.2H/c1-3-8(2)9-6-4-5-7-10(9)14(11,12)13;;;/h3-8H,1H2,2H3,(H,11,12,13);;;/q;+2;2*-1. The molecule has 15 heavy (non-hydrogen) atoms. The van der Waals surface area contributed by atoms with Crippen LogP contribution in [-0.4, -0.2) is 50.7 Å². The smallest absolute Gasteiger partial charge is 1.00 e. The summed E-state index contributed by atoms with van der Waals surface area (Å²) in [5.41, 5.74) is 0.560. The van der Waals surface area contributed by atoms with Gasteiger partial charge < -0.3 is 2.85 Å². The minimum absolute atomic E-state index is 0. The summed E-state index contributed by atoms with van der Waals surface area (Å²) in [6, 6.07) is 6.34. The molecule has 1 rings (SSSR count). The van der Waals surface area contributed by atoms with Crippen molar-refractivity contribution < 1.29 is 15.8 Å². The molecule has 3 nitrogen and oxygen atoms in total. The Morgan fingerprint density at radius 2 is 2.00 bits per heavy atom. The third-order valence-electron chi connectivity index (χ3n) is 2.04. The van der Waals surface area contributed by atoms with E-state index < -0.39 is 10.1 Å². The molecule has 0 fully saturated rings. The van der Waals surface area contributed by atoms with Crippen molar-refractivity contribution in [3.05, 3.63) is 42.5 Å². The van der Waals surface area contributed by atoms with Crippen molar-refractivity contribution in [2.24, 2.45) is 0 Å². The van der Waals surface area contributed by atoms with E-state index in [-0.39, 0.29) is 51.4 Å². The molecule has 1 aromatic rings. The van der Waals surface area contributed by atoms with Gasteiger partial charge >= 0.3 is 37.7 Å². The Bertz CT molecular complexity index is 449. The summed E-state index contributed by atoms with van der Waals surface area (Å²) in [6.45, 7) is 5.40. The van der Waals surface area contributed by atoms with Crippen LogP contribution in [0.5, 0.6) is 0 Å². The summed E-state index contributed by atoms with van der Waals surface area (Å²) < 4.78 is 30.9. The normalized spacial score (nSPS) is 12.7. The minimum Gasteiger partial charge on any atom is -1.00 e. The Labute approximate surface area is 123 Å². The molecule has 0 saturated carbocycles. The number of hydrogen-bond acceptors (Lipinski definition) is 2. The first-order chi connectivity index (χ1) is 6.46.